The van der Waals surface area contributed by atoms with Gasteiger partial charge in [0.25, 0.3) is 5.91 Å². The molecule has 0 aliphatic rings. The van der Waals surface area contributed by atoms with Gasteiger partial charge in [0.05, 0.1) is 0 Å². The van der Waals surface area contributed by atoms with Crippen molar-refractivity contribution < 1.29 is 4.79 Å². The predicted octanol–water partition coefficient (Wildman–Crippen LogP) is 2.94. The third-order valence-corrected chi connectivity index (χ3v) is 3.70. The van der Waals surface area contributed by atoms with Crippen LogP contribution in [0.1, 0.15) is 34.3 Å². The van der Waals surface area contributed by atoms with Crippen LogP contribution < -0.4 is 11.1 Å². The summed E-state index contributed by atoms with van der Waals surface area (Å²) in [5.41, 5.74) is 8.64. The number of carbonyl (C=O) groups is 1. The van der Waals surface area contributed by atoms with Crippen LogP contribution in [0, 0.1) is 0 Å². The van der Waals surface area contributed by atoms with Gasteiger partial charge >= 0.3 is 0 Å². The molecule has 0 aliphatic heterocycles. The van der Waals surface area contributed by atoms with Crippen molar-refractivity contribution in [3.63, 3.8) is 0 Å². The highest BCUT2D eigenvalue weighted by Crippen LogP contribution is 2.13. The molecule has 0 aliphatic carbocycles. The number of hydrogen-bond acceptors (Lipinski definition) is 2. The van der Waals surface area contributed by atoms with Crippen LogP contribution in [0.5, 0.6) is 0 Å². The molecule has 0 unspecified atom stereocenters. The Hall–Kier alpha value is -2.13. The first-order valence-corrected chi connectivity index (χ1v) is 7.91. The van der Waals surface area contributed by atoms with E-state index in [9.17, 15) is 4.79 Å². The van der Waals surface area contributed by atoms with Gasteiger partial charge in [0, 0.05) is 12.1 Å². The Morgan fingerprint density at radius 3 is 2.41 bits per heavy atom. The lowest BCUT2D eigenvalue weighted by atomic mass is 9.99. The van der Waals surface area contributed by atoms with E-state index >= 15 is 0 Å². The van der Waals surface area contributed by atoms with Gasteiger partial charge in [-0.25, -0.2) is 0 Å². The molecule has 0 fully saturated rings. The molecule has 0 radical (unpaired) electrons. The number of rotatable bonds is 8. The monoisotopic (exact) mass is 296 g/mol. The fraction of sp³-hybridized carbons (Fsp3) is 0.316. The molecule has 0 bridgehead atoms. The SMILES string of the molecule is NCCCCNC(=O)c1ccccc1CCc1ccccc1. The number of nitrogens with one attached hydrogen (secondary N) is 1. The molecule has 2 aromatic rings. The summed E-state index contributed by atoms with van der Waals surface area (Å²) in [4.78, 5) is 12.3. The van der Waals surface area contributed by atoms with Crippen molar-refractivity contribution in [1.29, 1.82) is 0 Å². The number of nitrogens with two attached hydrogens (primary N) is 1. The Morgan fingerprint density at radius 2 is 1.64 bits per heavy atom. The van der Waals surface area contributed by atoms with E-state index in [1.807, 2.05) is 42.5 Å². The van der Waals surface area contributed by atoms with E-state index in [2.05, 4.69) is 17.4 Å². The quantitative estimate of drug-likeness (QED) is 0.736. The Balaban J connectivity index is 1.95. The molecule has 116 valence electrons. The summed E-state index contributed by atoms with van der Waals surface area (Å²) in [5.74, 6) is 0.0145. The molecule has 0 saturated carbocycles. The first-order valence-electron chi connectivity index (χ1n) is 7.91. The molecule has 3 nitrogen and oxygen atoms in total. The number of amides is 1. The van der Waals surface area contributed by atoms with E-state index in [4.69, 9.17) is 5.73 Å². The molecule has 3 N–H and O–H groups in total. The van der Waals surface area contributed by atoms with Crippen LogP contribution in [0.3, 0.4) is 0 Å². The lowest BCUT2D eigenvalue weighted by molar-refractivity contribution is 0.0952. The average Bonchev–Trinajstić information content (AvgIpc) is 2.58. The second kappa shape index (κ2) is 9.00. The lowest BCUT2D eigenvalue weighted by Gasteiger charge is -2.10. The van der Waals surface area contributed by atoms with Gasteiger partial charge in [-0.05, 0) is 49.4 Å². The number of carbonyl (C=O) groups excluding carboxylic acids is 1. The minimum atomic E-state index is 0.0145. The maximum atomic E-state index is 12.3. The Morgan fingerprint density at radius 1 is 0.909 bits per heavy atom. The third-order valence-electron chi connectivity index (χ3n) is 3.70. The van der Waals surface area contributed by atoms with Crippen molar-refractivity contribution in [3.05, 3.63) is 71.3 Å². The number of benzene rings is 2. The summed E-state index contributed by atoms with van der Waals surface area (Å²) < 4.78 is 0. The van der Waals surface area contributed by atoms with E-state index in [1.165, 1.54) is 5.56 Å². The summed E-state index contributed by atoms with van der Waals surface area (Å²) in [5, 5.41) is 2.98. The van der Waals surface area contributed by atoms with Crippen LogP contribution in [0.25, 0.3) is 0 Å². The van der Waals surface area contributed by atoms with Gasteiger partial charge in [-0.3, -0.25) is 4.79 Å². The zero-order valence-corrected chi connectivity index (χ0v) is 12.9. The maximum Gasteiger partial charge on any atom is 0.251 e. The van der Waals surface area contributed by atoms with Gasteiger partial charge in [0.1, 0.15) is 0 Å². The second-order valence-electron chi connectivity index (χ2n) is 5.39. The van der Waals surface area contributed by atoms with Gasteiger partial charge in [-0.15, -0.1) is 0 Å². The maximum absolute atomic E-state index is 12.3. The second-order valence-corrected chi connectivity index (χ2v) is 5.39. The van der Waals surface area contributed by atoms with Gasteiger partial charge in [0.2, 0.25) is 0 Å². The van der Waals surface area contributed by atoms with Crippen molar-refractivity contribution in [2.45, 2.75) is 25.7 Å². The van der Waals surface area contributed by atoms with Gasteiger partial charge < -0.3 is 11.1 Å². The van der Waals surface area contributed by atoms with Crippen LogP contribution >= 0.6 is 0 Å². The van der Waals surface area contributed by atoms with Gasteiger partial charge in [0.15, 0.2) is 0 Å². The molecule has 1 amide bonds. The topological polar surface area (TPSA) is 55.1 Å². The molecule has 3 heteroatoms. The van der Waals surface area contributed by atoms with Gasteiger partial charge in [-0.2, -0.15) is 0 Å². The molecule has 0 aromatic heterocycles. The van der Waals surface area contributed by atoms with Crippen LogP contribution in [-0.4, -0.2) is 19.0 Å². The molecule has 22 heavy (non-hydrogen) atoms. The normalized spacial score (nSPS) is 10.4. The zero-order chi connectivity index (χ0) is 15.6. The first-order chi connectivity index (χ1) is 10.8. The smallest absolute Gasteiger partial charge is 0.251 e. The zero-order valence-electron chi connectivity index (χ0n) is 12.9. The highest BCUT2D eigenvalue weighted by molar-refractivity contribution is 5.95. The summed E-state index contributed by atoms with van der Waals surface area (Å²) in [6, 6.07) is 18.2. The van der Waals surface area contributed by atoms with Crippen LogP contribution in [0.15, 0.2) is 54.6 Å². The van der Waals surface area contributed by atoms with Crippen molar-refractivity contribution >= 4 is 5.91 Å². The van der Waals surface area contributed by atoms with E-state index < -0.39 is 0 Å². The average molecular weight is 296 g/mol. The largest absolute Gasteiger partial charge is 0.352 e. The number of aryl methyl sites for hydroxylation is 2. The summed E-state index contributed by atoms with van der Waals surface area (Å²) in [7, 11) is 0. The lowest BCUT2D eigenvalue weighted by Crippen LogP contribution is -2.26. The van der Waals surface area contributed by atoms with Crippen LogP contribution in [-0.2, 0) is 12.8 Å². The summed E-state index contributed by atoms with van der Waals surface area (Å²) in [6.45, 7) is 1.35. The third kappa shape index (κ3) is 5.01. The van der Waals surface area contributed by atoms with Crippen LogP contribution in [0.4, 0.5) is 0 Å². The molecular weight excluding hydrogens is 272 g/mol. The first kappa shape index (κ1) is 16.2. The Labute approximate surface area is 132 Å². The molecule has 0 heterocycles. The molecule has 0 spiro atoms. The fourth-order valence-electron chi connectivity index (χ4n) is 2.45. The Kier molecular flexibility index (Phi) is 6.65. The molecule has 2 aromatic carbocycles. The van der Waals surface area contributed by atoms with Crippen molar-refractivity contribution in [2.24, 2.45) is 5.73 Å². The molecule has 0 atom stereocenters. The molecular formula is C19H24N2O. The van der Waals surface area contributed by atoms with Crippen molar-refractivity contribution in [2.75, 3.05) is 13.1 Å². The van der Waals surface area contributed by atoms with Crippen LogP contribution in [0.2, 0.25) is 0 Å². The minimum Gasteiger partial charge on any atom is -0.352 e. The standard InChI is InChI=1S/C19H24N2O/c20-14-6-7-15-21-19(22)18-11-5-4-10-17(18)13-12-16-8-2-1-3-9-16/h1-5,8-11H,6-7,12-15,20H2,(H,21,22). The highest BCUT2D eigenvalue weighted by Gasteiger charge is 2.10. The predicted molar refractivity (Wildman–Crippen MR) is 90.9 cm³/mol. The highest BCUT2D eigenvalue weighted by atomic mass is 16.1. The summed E-state index contributed by atoms with van der Waals surface area (Å²) >= 11 is 0. The summed E-state index contributed by atoms with van der Waals surface area (Å²) in [6.07, 6.45) is 3.68. The van der Waals surface area contributed by atoms with Crippen molar-refractivity contribution in [1.82, 2.24) is 5.32 Å². The van der Waals surface area contributed by atoms with E-state index in [1.54, 1.807) is 0 Å². The Bertz CT molecular complexity index is 581. The van der Waals surface area contributed by atoms with E-state index in [0.717, 1.165) is 36.8 Å². The molecule has 2 rings (SSSR count). The minimum absolute atomic E-state index is 0.0145. The van der Waals surface area contributed by atoms with E-state index in [-0.39, 0.29) is 5.91 Å². The van der Waals surface area contributed by atoms with E-state index in [0.29, 0.717) is 13.1 Å². The fourth-order valence-corrected chi connectivity index (χ4v) is 2.45. The molecule has 0 saturated heterocycles. The number of hydrogen-bond donors (Lipinski definition) is 2. The van der Waals surface area contributed by atoms with Gasteiger partial charge in [-0.1, -0.05) is 48.5 Å². The number of unbranched alkanes of at least 4 members (excludes halogenated alkanes) is 1. The van der Waals surface area contributed by atoms with Crippen molar-refractivity contribution in [3.8, 4) is 0 Å².